The lowest BCUT2D eigenvalue weighted by molar-refractivity contribution is 0.872. The van der Waals surface area contributed by atoms with Crippen LogP contribution < -0.4 is 4.90 Å². The summed E-state index contributed by atoms with van der Waals surface area (Å²) >= 11 is 12.3. The third-order valence-corrected chi connectivity index (χ3v) is 3.77. The van der Waals surface area contributed by atoms with Crippen LogP contribution in [0.15, 0.2) is 48.5 Å². The fraction of sp³-hybridized carbons (Fsp3) is 0.250. The lowest BCUT2D eigenvalue weighted by Crippen LogP contribution is -2.21. The minimum atomic E-state index is 0.478. The van der Waals surface area contributed by atoms with Crippen molar-refractivity contribution >= 4 is 28.9 Å². The molecule has 0 aliphatic heterocycles. The molecule has 0 aliphatic carbocycles. The summed E-state index contributed by atoms with van der Waals surface area (Å²) in [6.07, 6.45) is 0.990. The molecule has 0 bridgehead atoms. The third-order valence-electron chi connectivity index (χ3n) is 3.17. The summed E-state index contributed by atoms with van der Waals surface area (Å²) in [5, 5.41) is 0.758. The van der Waals surface area contributed by atoms with Crippen LogP contribution in [0.1, 0.15) is 11.1 Å². The Balaban J connectivity index is 2.10. The normalized spacial score (nSPS) is 10.5. The molecule has 0 unspecified atom stereocenters. The number of hydrogen-bond acceptors (Lipinski definition) is 1. The summed E-state index contributed by atoms with van der Waals surface area (Å²) in [7, 11) is 2.06. The van der Waals surface area contributed by atoms with Gasteiger partial charge in [-0.15, -0.1) is 11.6 Å². The lowest BCUT2D eigenvalue weighted by Gasteiger charge is -2.23. The van der Waals surface area contributed by atoms with Gasteiger partial charge in [-0.25, -0.2) is 0 Å². The Kier molecular flexibility index (Phi) is 5.12. The predicted octanol–water partition coefficient (Wildman–Crippen LogP) is 4.76. The van der Waals surface area contributed by atoms with Crippen LogP contribution in [-0.2, 0) is 12.3 Å². The van der Waals surface area contributed by atoms with Crippen LogP contribution in [0.3, 0.4) is 0 Å². The highest BCUT2D eigenvalue weighted by atomic mass is 35.5. The first-order valence-corrected chi connectivity index (χ1v) is 7.22. The molecule has 0 saturated heterocycles. The highest BCUT2D eigenvalue weighted by molar-refractivity contribution is 6.33. The van der Waals surface area contributed by atoms with Crippen molar-refractivity contribution in [1.82, 2.24) is 0 Å². The smallest absolute Gasteiger partial charge is 0.0642 e. The van der Waals surface area contributed by atoms with Gasteiger partial charge in [0.15, 0.2) is 0 Å². The van der Waals surface area contributed by atoms with Gasteiger partial charge in [-0.1, -0.05) is 54.1 Å². The van der Waals surface area contributed by atoms with Gasteiger partial charge < -0.3 is 4.90 Å². The molecular weight excluding hydrogens is 277 g/mol. The Labute approximate surface area is 124 Å². The van der Waals surface area contributed by atoms with Gasteiger partial charge in [0.1, 0.15) is 0 Å². The monoisotopic (exact) mass is 293 g/mol. The van der Waals surface area contributed by atoms with E-state index in [0.29, 0.717) is 5.88 Å². The van der Waals surface area contributed by atoms with E-state index in [1.807, 2.05) is 24.3 Å². The molecule has 0 aromatic heterocycles. The molecule has 0 spiro atoms. The van der Waals surface area contributed by atoms with Crippen molar-refractivity contribution < 1.29 is 0 Å². The van der Waals surface area contributed by atoms with Crippen LogP contribution in [0.4, 0.5) is 5.69 Å². The van der Waals surface area contributed by atoms with E-state index in [-0.39, 0.29) is 0 Å². The zero-order chi connectivity index (χ0) is 13.7. The lowest BCUT2D eigenvalue weighted by atomic mass is 10.1. The number of likely N-dealkylation sites (N-methyl/N-ethyl adjacent to an activating group) is 1. The van der Waals surface area contributed by atoms with E-state index in [9.17, 15) is 0 Å². The molecule has 0 fully saturated rings. The van der Waals surface area contributed by atoms with Crippen LogP contribution in [0.5, 0.6) is 0 Å². The number of anilines is 1. The summed E-state index contributed by atoms with van der Waals surface area (Å²) in [4.78, 5) is 2.17. The largest absolute Gasteiger partial charge is 0.373 e. The molecule has 0 N–H and O–H groups in total. The maximum absolute atomic E-state index is 6.28. The van der Waals surface area contributed by atoms with E-state index in [0.717, 1.165) is 29.2 Å². The van der Waals surface area contributed by atoms with E-state index in [2.05, 4.69) is 36.2 Å². The van der Waals surface area contributed by atoms with E-state index in [1.54, 1.807) is 0 Å². The highest BCUT2D eigenvalue weighted by Crippen LogP contribution is 2.30. The molecule has 0 amide bonds. The molecule has 2 aromatic carbocycles. The quantitative estimate of drug-likeness (QED) is 0.719. The number of rotatable bonds is 5. The first-order valence-electron chi connectivity index (χ1n) is 6.31. The van der Waals surface area contributed by atoms with Crippen molar-refractivity contribution in [3.05, 3.63) is 64.7 Å². The van der Waals surface area contributed by atoms with Crippen molar-refractivity contribution in [2.24, 2.45) is 0 Å². The van der Waals surface area contributed by atoms with Crippen molar-refractivity contribution in [3.8, 4) is 0 Å². The highest BCUT2D eigenvalue weighted by Gasteiger charge is 2.10. The Bertz CT molecular complexity index is 526. The second-order valence-corrected chi connectivity index (χ2v) is 5.21. The van der Waals surface area contributed by atoms with Gasteiger partial charge in [-0.3, -0.25) is 0 Å². The molecule has 1 nitrogen and oxygen atoms in total. The van der Waals surface area contributed by atoms with Crippen molar-refractivity contribution in [1.29, 1.82) is 0 Å². The predicted molar refractivity (Wildman–Crippen MR) is 84.4 cm³/mol. The Morgan fingerprint density at radius 2 is 1.74 bits per heavy atom. The van der Waals surface area contributed by atoms with Crippen LogP contribution in [0.25, 0.3) is 0 Å². The Hall–Kier alpha value is -1.18. The van der Waals surface area contributed by atoms with Gasteiger partial charge in [0.2, 0.25) is 0 Å². The second-order valence-electron chi connectivity index (χ2n) is 4.54. The first-order chi connectivity index (χ1) is 9.22. The topological polar surface area (TPSA) is 3.24 Å². The van der Waals surface area contributed by atoms with E-state index >= 15 is 0 Å². The Morgan fingerprint density at radius 3 is 2.42 bits per heavy atom. The van der Waals surface area contributed by atoms with Gasteiger partial charge in [0.05, 0.1) is 10.7 Å². The molecule has 3 heteroatoms. The molecule has 2 rings (SSSR count). The third kappa shape index (κ3) is 3.65. The van der Waals surface area contributed by atoms with Crippen LogP contribution in [-0.4, -0.2) is 13.6 Å². The second kappa shape index (κ2) is 6.83. The number of benzene rings is 2. The summed E-state index contributed by atoms with van der Waals surface area (Å²) in [6.45, 7) is 0.914. The van der Waals surface area contributed by atoms with Gasteiger partial charge in [0, 0.05) is 19.5 Å². The van der Waals surface area contributed by atoms with E-state index in [4.69, 9.17) is 23.2 Å². The maximum Gasteiger partial charge on any atom is 0.0642 e. The van der Waals surface area contributed by atoms with Crippen LogP contribution in [0, 0.1) is 0 Å². The van der Waals surface area contributed by atoms with Crippen molar-refractivity contribution in [3.63, 3.8) is 0 Å². The number of para-hydroxylation sites is 1. The van der Waals surface area contributed by atoms with E-state index in [1.165, 1.54) is 5.56 Å². The van der Waals surface area contributed by atoms with Crippen LogP contribution >= 0.6 is 23.2 Å². The first kappa shape index (κ1) is 14.2. The molecule has 100 valence electrons. The van der Waals surface area contributed by atoms with Gasteiger partial charge in [-0.2, -0.15) is 0 Å². The average molecular weight is 294 g/mol. The SMILES string of the molecule is CN(CCc1ccccc1)c1c(Cl)cccc1CCl. The molecule has 2 aromatic rings. The number of halogens is 2. The zero-order valence-corrected chi connectivity index (χ0v) is 12.5. The Morgan fingerprint density at radius 1 is 1.00 bits per heavy atom. The fourth-order valence-corrected chi connectivity index (χ4v) is 2.70. The van der Waals surface area contributed by atoms with Crippen molar-refractivity contribution in [2.45, 2.75) is 12.3 Å². The summed E-state index contributed by atoms with van der Waals surface area (Å²) in [5.74, 6) is 0.478. The minimum absolute atomic E-state index is 0.478. The molecular formula is C16H17Cl2N. The molecule has 0 aliphatic rings. The molecule has 0 saturated carbocycles. The number of alkyl halides is 1. The summed E-state index contributed by atoms with van der Waals surface area (Å²) in [5.41, 5.74) is 3.44. The number of nitrogens with zero attached hydrogens (tertiary/aromatic N) is 1. The summed E-state index contributed by atoms with van der Waals surface area (Å²) in [6, 6.07) is 16.3. The molecule has 0 radical (unpaired) electrons. The van der Waals surface area contributed by atoms with Crippen LogP contribution in [0.2, 0.25) is 5.02 Å². The average Bonchev–Trinajstić information content (AvgIpc) is 2.45. The van der Waals surface area contributed by atoms with Gasteiger partial charge in [-0.05, 0) is 23.6 Å². The van der Waals surface area contributed by atoms with Crippen molar-refractivity contribution in [2.75, 3.05) is 18.5 Å². The molecule has 19 heavy (non-hydrogen) atoms. The van der Waals surface area contributed by atoms with Gasteiger partial charge in [0.25, 0.3) is 0 Å². The van der Waals surface area contributed by atoms with E-state index < -0.39 is 0 Å². The van der Waals surface area contributed by atoms with Gasteiger partial charge >= 0.3 is 0 Å². The zero-order valence-electron chi connectivity index (χ0n) is 10.9. The number of hydrogen-bond donors (Lipinski definition) is 0. The molecule has 0 heterocycles. The molecule has 0 atom stereocenters. The maximum atomic E-state index is 6.28. The summed E-state index contributed by atoms with van der Waals surface area (Å²) < 4.78 is 0. The fourth-order valence-electron chi connectivity index (χ4n) is 2.15. The standard InChI is InChI=1S/C16H17Cl2N/c1-19(11-10-13-6-3-2-4-7-13)16-14(12-17)8-5-9-15(16)18/h2-9H,10-12H2,1H3. The minimum Gasteiger partial charge on any atom is -0.373 e.